The smallest absolute Gasteiger partial charge is 0.337 e. The van der Waals surface area contributed by atoms with Gasteiger partial charge < -0.3 is 9.30 Å². The first kappa shape index (κ1) is 12.7. The molecule has 0 aliphatic rings. The molecule has 0 aliphatic carbocycles. The van der Waals surface area contributed by atoms with E-state index in [0.717, 1.165) is 16.7 Å². The van der Waals surface area contributed by atoms with E-state index >= 15 is 0 Å². The number of hydrogen-bond donors (Lipinski definition) is 0. The van der Waals surface area contributed by atoms with E-state index in [2.05, 4.69) is 4.98 Å². The fourth-order valence-electron chi connectivity index (χ4n) is 2.10. The van der Waals surface area contributed by atoms with Gasteiger partial charge in [0, 0.05) is 17.8 Å². The molecule has 0 unspecified atom stereocenters. The summed E-state index contributed by atoms with van der Waals surface area (Å²) in [6, 6.07) is 11.0. The van der Waals surface area contributed by atoms with Gasteiger partial charge in [-0.05, 0) is 36.4 Å². The molecule has 0 N–H and O–H groups in total. The zero-order valence-electron chi connectivity index (χ0n) is 10.7. The summed E-state index contributed by atoms with van der Waals surface area (Å²) in [6.07, 6.45) is 3.51. The number of carbonyl (C=O) groups is 1. The minimum Gasteiger partial charge on any atom is -0.465 e. The van der Waals surface area contributed by atoms with Crippen LogP contribution in [0.15, 0.2) is 48.8 Å². The monoisotopic (exact) mass is 286 g/mol. The number of aromatic nitrogens is 2. The van der Waals surface area contributed by atoms with Crippen molar-refractivity contribution in [1.82, 2.24) is 9.55 Å². The number of ether oxygens (including phenoxy) is 1. The number of methoxy groups -OCH3 is 1. The summed E-state index contributed by atoms with van der Waals surface area (Å²) in [5.41, 5.74) is 1.49. The Hall–Kier alpha value is -2.33. The van der Waals surface area contributed by atoms with E-state index in [1.807, 2.05) is 29.0 Å². The average molecular weight is 287 g/mol. The van der Waals surface area contributed by atoms with Crippen LogP contribution in [0.3, 0.4) is 0 Å². The van der Waals surface area contributed by atoms with Crippen molar-refractivity contribution < 1.29 is 9.53 Å². The first-order valence-electron chi connectivity index (χ1n) is 6.00. The van der Waals surface area contributed by atoms with Crippen molar-refractivity contribution in [2.45, 2.75) is 0 Å². The van der Waals surface area contributed by atoms with Gasteiger partial charge >= 0.3 is 5.97 Å². The molecule has 0 amide bonds. The molecule has 0 spiro atoms. The van der Waals surface area contributed by atoms with Gasteiger partial charge in [0.05, 0.1) is 23.2 Å². The molecule has 0 aliphatic heterocycles. The van der Waals surface area contributed by atoms with Crippen LogP contribution >= 0.6 is 11.6 Å². The van der Waals surface area contributed by atoms with Crippen LogP contribution in [0.5, 0.6) is 0 Å². The van der Waals surface area contributed by atoms with Crippen molar-refractivity contribution in [2.24, 2.45) is 0 Å². The number of pyridine rings is 1. The maximum absolute atomic E-state index is 11.5. The summed E-state index contributed by atoms with van der Waals surface area (Å²) in [6.45, 7) is 0. The SMILES string of the molecule is COC(=O)c1ccc2c(ccn2-c2ccc(Cl)cn2)c1. The van der Waals surface area contributed by atoms with Crippen LogP contribution < -0.4 is 0 Å². The molecule has 3 rings (SSSR count). The number of benzene rings is 1. The Balaban J connectivity index is 2.10. The highest BCUT2D eigenvalue weighted by Gasteiger charge is 2.09. The molecule has 20 heavy (non-hydrogen) atoms. The molecule has 0 atom stereocenters. The Labute approximate surface area is 120 Å². The number of rotatable bonds is 2. The quantitative estimate of drug-likeness (QED) is 0.678. The molecule has 0 radical (unpaired) electrons. The van der Waals surface area contributed by atoms with Crippen LogP contribution in [0.2, 0.25) is 5.02 Å². The van der Waals surface area contributed by atoms with Crippen LogP contribution in [0.1, 0.15) is 10.4 Å². The lowest BCUT2D eigenvalue weighted by Crippen LogP contribution is -2.01. The summed E-state index contributed by atoms with van der Waals surface area (Å²) in [4.78, 5) is 15.8. The zero-order chi connectivity index (χ0) is 14.1. The number of fused-ring (bicyclic) bond motifs is 1. The highest BCUT2D eigenvalue weighted by Crippen LogP contribution is 2.21. The zero-order valence-corrected chi connectivity index (χ0v) is 11.5. The van der Waals surface area contributed by atoms with Crippen LogP contribution in [0, 0.1) is 0 Å². The maximum Gasteiger partial charge on any atom is 0.337 e. The van der Waals surface area contributed by atoms with Crippen LogP contribution in [0.4, 0.5) is 0 Å². The molecule has 100 valence electrons. The second-order valence-corrected chi connectivity index (χ2v) is 4.72. The highest BCUT2D eigenvalue weighted by atomic mass is 35.5. The fourth-order valence-corrected chi connectivity index (χ4v) is 2.21. The van der Waals surface area contributed by atoms with E-state index in [4.69, 9.17) is 16.3 Å². The average Bonchev–Trinajstić information content (AvgIpc) is 2.90. The van der Waals surface area contributed by atoms with Crippen molar-refractivity contribution >= 4 is 28.5 Å². The van der Waals surface area contributed by atoms with E-state index in [1.54, 1.807) is 24.4 Å². The van der Waals surface area contributed by atoms with Crippen molar-refractivity contribution in [1.29, 1.82) is 0 Å². The first-order chi connectivity index (χ1) is 9.69. The molecule has 1 aromatic carbocycles. The third-order valence-corrected chi connectivity index (χ3v) is 3.29. The van der Waals surface area contributed by atoms with Gasteiger partial charge in [-0.2, -0.15) is 0 Å². The third kappa shape index (κ3) is 2.14. The standard InChI is InChI=1S/C15H11ClN2O2/c1-20-15(19)11-2-4-13-10(8-11)6-7-18(13)14-5-3-12(16)9-17-14/h2-9H,1H3. The van der Waals surface area contributed by atoms with Crippen LogP contribution in [-0.4, -0.2) is 22.6 Å². The van der Waals surface area contributed by atoms with E-state index in [0.29, 0.717) is 10.6 Å². The Morgan fingerprint density at radius 3 is 2.80 bits per heavy atom. The molecular weight excluding hydrogens is 276 g/mol. The number of nitrogens with zero attached hydrogens (tertiary/aromatic N) is 2. The summed E-state index contributed by atoms with van der Waals surface area (Å²) in [5.74, 6) is 0.430. The Kier molecular flexibility index (Phi) is 3.16. The van der Waals surface area contributed by atoms with Gasteiger partial charge in [-0.1, -0.05) is 11.6 Å². The molecule has 3 aromatic rings. The van der Waals surface area contributed by atoms with Crippen LogP contribution in [-0.2, 0) is 4.74 Å². The lowest BCUT2D eigenvalue weighted by atomic mass is 10.1. The van der Waals surface area contributed by atoms with Gasteiger partial charge in [0.15, 0.2) is 0 Å². The molecule has 2 heterocycles. The van der Waals surface area contributed by atoms with E-state index in [9.17, 15) is 4.79 Å². The fraction of sp³-hybridized carbons (Fsp3) is 0.0667. The Morgan fingerprint density at radius 2 is 2.10 bits per heavy atom. The molecule has 0 saturated carbocycles. The minimum absolute atomic E-state index is 0.343. The third-order valence-electron chi connectivity index (χ3n) is 3.07. The number of carbonyl (C=O) groups excluding carboxylic acids is 1. The molecule has 0 fully saturated rings. The highest BCUT2D eigenvalue weighted by molar-refractivity contribution is 6.30. The lowest BCUT2D eigenvalue weighted by molar-refractivity contribution is 0.0601. The number of halogens is 1. The first-order valence-corrected chi connectivity index (χ1v) is 6.38. The summed E-state index contributed by atoms with van der Waals surface area (Å²) < 4.78 is 6.65. The van der Waals surface area contributed by atoms with Gasteiger partial charge in [0.25, 0.3) is 0 Å². The predicted molar refractivity (Wildman–Crippen MR) is 77.4 cm³/mol. The van der Waals surface area contributed by atoms with Gasteiger partial charge in [-0.25, -0.2) is 9.78 Å². The largest absolute Gasteiger partial charge is 0.465 e. The summed E-state index contributed by atoms with van der Waals surface area (Å²) in [7, 11) is 1.37. The van der Waals surface area contributed by atoms with Gasteiger partial charge in [-0.3, -0.25) is 0 Å². The Morgan fingerprint density at radius 1 is 1.25 bits per heavy atom. The predicted octanol–water partition coefficient (Wildman–Crippen LogP) is 3.47. The maximum atomic E-state index is 11.5. The molecular formula is C15H11ClN2O2. The summed E-state index contributed by atoms with van der Waals surface area (Å²) in [5, 5.41) is 1.54. The molecule has 0 saturated heterocycles. The molecule has 5 heteroatoms. The minimum atomic E-state index is -0.343. The molecule has 4 nitrogen and oxygen atoms in total. The van der Waals surface area contributed by atoms with Crippen molar-refractivity contribution in [3.63, 3.8) is 0 Å². The van der Waals surface area contributed by atoms with Gasteiger partial charge in [0.1, 0.15) is 5.82 Å². The summed E-state index contributed by atoms with van der Waals surface area (Å²) >= 11 is 5.84. The normalized spacial score (nSPS) is 10.7. The topological polar surface area (TPSA) is 44.1 Å². The van der Waals surface area contributed by atoms with Gasteiger partial charge in [-0.15, -0.1) is 0 Å². The van der Waals surface area contributed by atoms with Crippen molar-refractivity contribution in [2.75, 3.05) is 7.11 Å². The second kappa shape index (κ2) is 4.98. The van der Waals surface area contributed by atoms with Crippen molar-refractivity contribution in [3.8, 4) is 5.82 Å². The van der Waals surface area contributed by atoms with Gasteiger partial charge in [0.2, 0.25) is 0 Å². The number of hydrogen-bond acceptors (Lipinski definition) is 3. The van der Waals surface area contributed by atoms with E-state index in [-0.39, 0.29) is 5.97 Å². The van der Waals surface area contributed by atoms with E-state index in [1.165, 1.54) is 7.11 Å². The second-order valence-electron chi connectivity index (χ2n) is 4.29. The molecule has 2 aromatic heterocycles. The van der Waals surface area contributed by atoms with E-state index < -0.39 is 0 Å². The Bertz CT molecular complexity index is 778. The lowest BCUT2D eigenvalue weighted by Gasteiger charge is -2.05. The molecule has 0 bridgehead atoms. The van der Waals surface area contributed by atoms with Crippen molar-refractivity contribution in [3.05, 3.63) is 59.4 Å². The van der Waals surface area contributed by atoms with Crippen LogP contribution in [0.25, 0.3) is 16.7 Å². The number of esters is 1.